The van der Waals surface area contributed by atoms with E-state index in [9.17, 15) is 14.9 Å². The van der Waals surface area contributed by atoms with Gasteiger partial charge in [0.15, 0.2) is 0 Å². The van der Waals surface area contributed by atoms with Crippen molar-refractivity contribution in [1.29, 1.82) is 0 Å². The number of methoxy groups -OCH3 is 1. The molecule has 0 saturated heterocycles. The van der Waals surface area contributed by atoms with Gasteiger partial charge >= 0.3 is 0 Å². The highest BCUT2D eigenvalue weighted by atomic mass is 16.6. The van der Waals surface area contributed by atoms with Crippen LogP contribution in [0, 0.1) is 10.1 Å². The summed E-state index contributed by atoms with van der Waals surface area (Å²) in [6, 6.07) is 11.0. The molecule has 0 aliphatic carbocycles. The molecule has 8 nitrogen and oxygen atoms in total. The van der Waals surface area contributed by atoms with Crippen LogP contribution in [0.25, 0.3) is 16.6 Å². The topological polar surface area (TPSA) is 90.5 Å². The number of nitro groups is 1. The molecule has 0 bridgehead atoms. The Balaban J connectivity index is 2.35. The molecule has 0 aliphatic rings. The molecule has 3 aromatic rings. The Morgan fingerprint density at radius 1 is 1.19 bits per heavy atom. The van der Waals surface area contributed by atoms with E-state index >= 15 is 0 Å². The second-order valence-electron chi connectivity index (χ2n) is 6.41. The van der Waals surface area contributed by atoms with Crippen LogP contribution in [-0.4, -0.2) is 40.6 Å². The lowest BCUT2D eigenvalue weighted by Crippen LogP contribution is -2.29. The Hall–Kier alpha value is -3.26. The van der Waals surface area contributed by atoms with Crippen LogP contribution in [0.4, 0.5) is 5.69 Å². The fraction of sp³-hybridized carbons (Fsp3) is 0.263. The maximum absolute atomic E-state index is 13.3. The van der Waals surface area contributed by atoms with E-state index in [4.69, 9.17) is 4.74 Å². The number of aromatic nitrogens is 2. The Labute approximate surface area is 155 Å². The van der Waals surface area contributed by atoms with Crippen molar-refractivity contribution in [2.24, 2.45) is 0 Å². The first kappa shape index (κ1) is 18.5. The Morgan fingerprint density at radius 3 is 2.41 bits per heavy atom. The molecule has 0 saturated carbocycles. The van der Waals surface area contributed by atoms with Crippen molar-refractivity contribution in [3.05, 3.63) is 68.8 Å². The normalized spacial score (nSPS) is 12.3. The zero-order valence-electron chi connectivity index (χ0n) is 15.5. The fourth-order valence-corrected chi connectivity index (χ4v) is 2.80. The summed E-state index contributed by atoms with van der Waals surface area (Å²) in [6.07, 6.45) is 0. The van der Waals surface area contributed by atoms with Crippen molar-refractivity contribution in [3.63, 3.8) is 0 Å². The van der Waals surface area contributed by atoms with Crippen LogP contribution in [0.2, 0.25) is 0 Å². The molecule has 1 heterocycles. The molecule has 140 valence electrons. The lowest BCUT2D eigenvalue weighted by Gasteiger charge is -2.23. The van der Waals surface area contributed by atoms with Gasteiger partial charge in [-0.25, -0.2) is 4.98 Å². The van der Waals surface area contributed by atoms with E-state index < -0.39 is 4.92 Å². The minimum Gasteiger partial charge on any atom is -0.497 e. The van der Waals surface area contributed by atoms with Gasteiger partial charge in [0.25, 0.3) is 11.2 Å². The van der Waals surface area contributed by atoms with Gasteiger partial charge in [-0.1, -0.05) is 0 Å². The molecule has 2 aromatic carbocycles. The second-order valence-corrected chi connectivity index (χ2v) is 6.41. The van der Waals surface area contributed by atoms with Crippen LogP contribution in [0.1, 0.15) is 18.8 Å². The summed E-state index contributed by atoms with van der Waals surface area (Å²) < 4.78 is 6.67. The third-order valence-corrected chi connectivity index (χ3v) is 4.57. The first-order valence-corrected chi connectivity index (χ1v) is 8.35. The summed E-state index contributed by atoms with van der Waals surface area (Å²) in [7, 11) is 5.36. The zero-order valence-corrected chi connectivity index (χ0v) is 15.5. The van der Waals surface area contributed by atoms with Gasteiger partial charge < -0.3 is 4.74 Å². The maximum atomic E-state index is 13.3. The van der Waals surface area contributed by atoms with E-state index in [2.05, 4.69) is 4.98 Å². The van der Waals surface area contributed by atoms with Crippen molar-refractivity contribution in [2.75, 3.05) is 21.2 Å². The minimum absolute atomic E-state index is 0.143. The summed E-state index contributed by atoms with van der Waals surface area (Å²) >= 11 is 0. The number of non-ortho nitro benzene ring substituents is 1. The summed E-state index contributed by atoms with van der Waals surface area (Å²) in [6.45, 7) is 1.94. The average molecular weight is 368 g/mol. The molecule has 0 spiro atoms. The highest BCUT2D eigenvalue weighted by molar-refractivity contribution is 5.80. The predicted molar refractivity (Wildman–Crippen MR) is 103 cm³/mol. The number of ether oxygens (including phenoxy) is 1. The summed E-state index contributed by atoms with van der Waals surface area (Å²) in [5, 5.41) is 11.3. The number of benzene rings is 2. The van der Waals surface area contributed by atoms with E-state index in [-0.39, 0.29) is 22.7 Å². The molecule has 27 heavy (non-hydrogen) atoms. The van der Waals surface area contributed by atoms with Gasteiger partial charge in [0.1, 0.15) is 11.6 Å². The zero-order chi connectivity index (χ0) is 19.7. The molecular weight excluding hydrogens is 348 g/mol. The van der Waals surface area contributed by atoms with Gasteiger partial charge in [-0.3, -0.25) is 24.4 Å². The fourth-order valence-electron chi connectivity index (χ4n) is 2.80. The van der Waals surface area contributed by atoms with Crippen LogP contribution in [0.15, 0.2) is 47.3 Å². The number of nitro benzene ring substituents is 1. The summed E-state index contributed by atoms with van der Waals surface area (Å²) in [5.41, 5.74) is 0.554. The maximum Gasteiger partial charge on any atom is 0.270 e. The van der Waals surface area contributed by atoms with Gasteiger partial charge in [0.05, 0.1) is 34.7 Å². The van der Waals surface area contributed by atoms with Crippen molar-refractivity contribution >= 4 is 16.6 Å². The first-order chi connectivity index (χ1) is 12.8. The smallest absolute Gasteiger partial charge is 0.270 e. The lowest BCUT2D eigenvalue weighted by atomic mass is 10.1. The predicted octanol–water partition coefficient (Wildman–Crippen LogP) is 2.93. The molecule has 1 atom stereocenters. The number of rotatable bonds is 5. The molecule has 1 unspecified atom stereocenters. The standard InChI is InChI=1S/C19H20N4O4/c1-12(21(2)3)18-20-17-10-7-14(23(25)26)11-16(17)19(24)22(18)13-5-8-15(27-4)9-6-13/h5-12H,1-4H3. The van der Waals surface area contributed by atoms with Crippen molar-refractivity contribution < 1.29 is 9.66 Å². The van der Waals surface area contributed by atoms with Gasteiger partial charge in [-0.15, -0.1) is 0 Å². The third-order valence-electron chi connectivity index (χ3n) is 4.57. The molecule has 0 aliphatic heterocycles. The Morgan fingerprint density at radius 2 is 1.85 bits per heavy atom. The van der Waals surface area contributed by atoms with Crippen molar-refractivity contribution in [2.45, 2.75) is 13.0 Å². The number of hydrogen-bond acceptors (Lipinski definition) is 6. The van der Waals surface area contributed by atoms with Gasteiger partial charge in [-0.2, -0.15) is 0 Å². The van der Waals surface area contributed by atoms with Gasteiger partial charge in [-0.05, 0) is 51.4 Å². The largest absolute Gasteiger partial charge is 0.497 e. The third kappa shape index (κ3) is 3.39. The highest BCUT2D eigenvalue weighted by Crippen LogP contribution is 2.24. The van der Waals surface area contributed by atoms with Gasteiger partial charge in [0.2, 0.25) is 0 Å². The van der Waals surface area contributed by atoms with Crippen LogP contribution in [0.5, 0.6) is 5.75 Å². The molecule has 8 heteroatoms. The van der Waals surface area contributed by atoms with Gasteiger partial charge in [0, 0.05) is 12.1 Å². The molecule has 0 amide bonds. The van der Waals surface area contributed by atoms with E-state index in [0.29, 0.717) is 22.8 Å². The van der Waals surface area contributed by atoms with Crippen molar-refractivity contribution in [3.8, 4) is 11.4 Å². The molecule has 0 fully saturated rings. The van der Waals surface area contributed by atoms with E-state index in [1.807, 2.05) is 25.9 Å². The highest BCUT2D eigenvalue weighted by Gasteiger charge is 2.20. The van der Waals surface area contributed by atoms with Crippen molar-refractivity contribution in [1.82, 2.24) is 14.5 Å². The molecule has 0 radical (unpaired) electrons. The number of hydrogen-bond donors (Lipinski definition) is 0. The van der Waals surface area contributed by atoms with E-state index in [0.717, 1.165) is 0 Å². The van der Waals surface area contributed by atoms with E-state index in [1.54, 1.807) is 31.4 Å². The van der Waals surface area contributed by atoms with E-state index in [1.165, 1.54) is 22.8 Å². The van der Waals surface area contributed by atoms with Crippen LogP contribution in [0.3, 0.4) is 0 Å². The Kier molecular flexibility index (Phi) is 4.91. The minimum atomic E-state index is -0.521. The summed E-state index contributed by atoms with van der Waals surface area (Å²) in [4.78, 5) is 30.4. The quantitative estimate of drug-likeness (QED) is 0.508. The monoisotopic (exact) mass is 368 g/mol. The molecular formula is C19H20N4O4. The Bertz CT molecular complexity index is 1060. The molecule has 1 aromatic heterocycles. The number of fused-ring (bicyclic) bond motifs is 1. The second kappa shape index (κ2) is 7.16. The first-order valence-electron chi connectivity index (χ1n) is 8.35. The van der Waals surface area contributed by atoms with Crippen LogP contribution in [-0.2, 0) is 0 Å². The van der Waals surface area contributed by atoms with Crippen LogP contribution < -0.4 is 10.3 Å². The van der Waals surface area contributed by atoms with Crippen LogP contribution >= 0.6 is 0 Å². The average Bonchev–Trinajstić information content (AvgIpc) is 2.67. The SMILES string of the molecule is COc1ccc(-n2c(C(C)N(C)C)nc3ccc([N+](=O)[O-])cc3c2=O)cc1. The number of nitrogens with zero attached hydrogens (tertiary/aromatic N) is 4. The summed E-state index contributed by atoms with van der Waals surface area (Å²) in [5.74, 6) is 1.22. The molecule has 3 rings (SSSR count). The molecule has 0 N–H and O–H groups in total. The lowest BCUT2D eigenvalue weighted by molar-refractivity contribution is -0.384.